The van der Waals surface area contributed by atoms with Gasteiger partial charge in [0.25, 0.3) is 11.8 Å². The van der Waals surface area contributed by atoms with Crippen molar-refractivity contribution < 1.29 is 33.0 Å². The molecule has 2 N–H and O–H groups in total. The van der Waals surface area contributed by atoms with Gasteiger partial charge in [0, 0.05) is 0 Å². The van der Waals surface area contributed by atoms with Crippen LogP contribution in [0.5, 0.6) is 11.5 Å². The Hall–Kier alpha value is -3.22. The van der Waals surface area contributed by atoms with Crippen molar-refractivity contribution in [2.75, 3.05) is 19.8 Å². The van der Waals surface area contributed by atoms with Gasteiger partial charge in [0.1, 0.15) is 11.9 Å². The van der Waals surface area contributed by atoms with Gasteiger partial charge < -0.3 is 19.5 Å². The van der Waals surface area contributed by atoms with Crippen LogP contribution >= 0.6 is 22.6 Å². The summed E-state index contributed by atoms with van der Waals surface area (Å²) in [5.41, 5.74) is 2.86. The van der Waals surface area contributed by atoms with Crippen LogP contribution in [0.3, 0.4) is 0 Å². The highest BCUT2D eigenvalue weighted by Gasteiger charge is 2.25. The Morgan fingerprint density at radius 3 is 2.47 bits per heavy atom. The third kappa shape index (κ3) is 8.47. The number of ether oxygens (including phenoxy) is 3. The van der Waals surface area contributed by atoms with E-state index in [9.17, 15) is 18.8 Å². The van der Waals surface area contributed by atoms with E-state index in [2.05, 4.69) is 15.8 Å². The van der Waals surface area contributed by atoms with Crippen molar-refractivity contribution in [3.8, 4) is 11.5 Å². The van der Waals surface area contributed by atoms with E-state index in [1.807, 2.05) is 29.5 Å². The lowest BCUT2D eigenvalue weighted by Crippen LogP contribution is -2.48. The normalized spacial score (nSPS) is 11.8. The highest BCUT2D eigenvalue weighted by Crippen LogP contribution is 2.34. The van der Waals surface area contributed by atoms with Gasteiger partial charge >= 0.3 is 5.97 Å². The lowest BCUT2D eigenvalue weighted by Gasteiger charge is -2.20. The molecule has 1 atom stereocenters. The van der Waals surface area contributed by atoms with Crippen LogP contribution in [0.2, 0.25) is 0 Å². The van der Waals surface area contributed by atoms with Crippen LogP contribution in [0.1, 0.15) is 43.6 Å². The van der Waals surface area contributed by atoms with Gasteiger partial charge in [-0.15, -0.1) is 0 Å². The number of halogens is 2. The average molecular weight is 613 g/mol. The van der Waals surface area contributed by atoms with Gasteiger partial charge in [-0.2, -0.15) is 5.10 Å². The molecular weight excluding hydrogens is 584 g/mol. The summed E-state index contributed by atoms with van der Waals surface area (Å²) in [6.45, 7) is 7.38. The van der Waals surface area contributed by atoms with Crippen LogP contribution in [-0.4, -0.2) is 49.9 Å². The number of nitrogens with zero attached hydrogens (tertiary/aromatic N) is 1. The van der Waals surface area contributed by atoms with Crippen molar-refractivity contribution in [1.82, 2.24) is 10.7 Å². The topological polar surface area (TPSA) is 115 Å². The fourth-order valence-corrected chi connectivity index (χ4v) is 3.82. The second kappa shape index (κ2) is 14.4. The number of hydrogen-bond donors (Lipinski definition) is 2. The predicted molar refractivity (Wildman–Crippen MR) is 141 cm³/mol. The molecule has 0 radical (unpaired) electrons. The van der Waals surface area contributed by atoms with Crippen LogP contribution in [0.25, 0.3) is 0 Å². The van der Waals surface area contributed by atoms with Gasteiger partial charge in [-0.1, -0.05) is 26.0 Å². The first-order valence-electron chi connectivity index (χ1n) is 11.3. The molecular formula is C25H29FIN3O6. The van der Waals surface area contributed by atoms with Crippen molar-refractivity contribution in [3.05, 3.63) is 56.9 Å². The monoisotopic (exact) mass is 613 g/mol. The fourth-order valence-electron chi connectivity index (χ4n) is 3.04. The summed E-state index contributed by atoms with van der Waals surface area (Å²) in [5, 5.41) is 6.55. The molecule has 0 aliphatic rings. The van der Waals surface area contributed by atoms with E-state index < -0.39 is 29.6 Å². The molecule has 0 spiro atoms. The predicted octanol–water partition coefficient (Wildman–Crippen LogP) is 3.68. The molecule has 0 heterocycles. The summed E-state index contributed by atoms with van der Waals surface area (Å²) in [6.07, 6.45) is 1.41. The van der Waals surface area contributed by atoms with E-state index in [4.69, 9.17) is 14.2 Å². The largest absolute Gasteiger partial charge is 0.490 e. The van der Waals surface area contributed by atoms with Crippen molar-refractivity contribution in [2.45, 2.75) is 33.7 Å². The lowest BCUT2D eigenvalue weighted by molar-refractivity contribution is -0.145. The Kier molecular flexibility index (Phi) is 11.6. The third-order valence-electron chi connectivity index (χ3n) is 4.71. The maximum Gasteiger partial charge on any atom is 0.344 e. The van der Waals surface area contributed by atoms with Gasteiger partial charge in [0.15, 0.2) is 18.1 Å². The van der Waals surface area contributed by atoms with Gasteiger partial charge in [0.2, 0.25) is 0 Å². The van der Waals surface area contributed by atoms with E-state index >= 15 is 0 Å². The fraction of sp³-hybridized carbons (Fsp3) is 0.360. The van der Waals surface area contributed by atoms with Gasteiger partial charge in [0.05, 0.1) is 28.6 Å². The first kappa shape index (κ1) is 29.0. The van der Waals surface area contributed by atoms with Crippen molar-refractivity contribution in [2.24, 2.45) is 11.0 Å². The van der Waals surface area contributed by atoms with Crippen LogP contribution in [0.15, 0.2) is 41.5 Å². The Morgan fingerprint density at radius 2 is 1.83 bits per heavy atom. The van der Waals surface area contributed by atoms with Gasteiger partial charge in [-0.05, 0) is 72.2 Å². The SMILES string of the molecule is CCOC(=O)COc1c(I)cc(C=NNC(=O)C(NC(=O)c2ccccc2F)C(C)C)cc1OCC. The summed E-state index contributed by atoms with van der Waals surface area (Å²) in [4.78, 5) is 36.8. The molecule has 0 saturated carbocycles. The molecule has 2 aromatic rings. The number of rotatable bonds is 12. The maximum absolute atomic E-state index is 13.9. The van der Waals surface area contributed by atoms with Gasteiger partial charge in [-0.3, -0.25) is 9.59 Å². The summed E-state index contributed by atoms with van der Waals surface area (Å²) in [7, 11) is 0. The standard InChI is InChI=1S/C25H29FIN3O6/c1-5-34-20-12-16(11-19(27)23(20)36-14-21(31)35-6-2)13-28-30-25(33)22(15(3)4)29-24(32)17-9-7-8-10-18(17)26/h7-13,15,22H,5-6,14H2,1-4H3,(H,29,32)(H,30,33). The number of carbonyl (C=O) groups excluding carboxylic acids is 3. The molecule has 36 heavy (non-hydrogen) atoms. The molecule has 2 rings (SSSR count). The Labute approximate surface area is 222 Å². The van der Waals surface area contributed by atoms with E-state index in [1.54, 1.807) is 32.9 Å². The molecule has 9 nitrogen and oxygen atoms in total. The third-order valence-corrected chi connectivity index (χ3v) is 5.52. The highest BCUT2D eigenvalue weighted by molar-refractivity contribution is 14.1. The van der Waals surface area contributed by atoms with E-state index in [0.717, 1.165) is 0 Å². The first-order chi connectivity index (χ1) is 17.2. The zero-order chi connectivity index (χ0) is 26.7. The summed E-state index contributed by atoms with van der Waals surface area (Å²) in [5.74, 6) is -1.91. The summed E-state index contributed by atoms with van der Waals surface area (Å²) < 4.78 is 30.7. The highest BCUT2D eigenvalue weighted by atomic mass is 127. The van der Waals surface area contributed by atoms with Crippen LogP contribution in [0.4, 0.5) is 4.39 Å². The maximum atomic E-state index is 13.9. The minimum absolute atomic E-state index is 0.150. The van der Waals surface area contributed by atoms with Gasteiger partial charge in [-0.25, -0.2) is 14.6 Å². The Balaban J connectivity index is 2.11. The molecule has 2 aromatic carbocycles. The van der Waals surface area contributed by atoms with Crippen molar-refractivity contribution >= 4 is 46.6 Å². The Morgan fingerprint density at radius 1 is 1.11 bits per heavy atom. The van der Waals surface area contributed by atoms with E-state index in [-0.39, 0.29) is 24.7 Å². The van der Waals surface area contributed by atoms with E-state index in [1.165, 1.54) is 30.5 Å². The zero-order valence-corrected chi connectivity index (χ0v) is 22.6. The minimum Gasteiger partial charge on any atom is -0.490 e. The smallest absolute Gasteiger partial charge is 0.344 e. The molecule has 0 bridgehead atoms. The second-order valence-electron chi connectivity index (χ2n) is 7.77. The molecule has 0 saturated heterocycles. The van der Waals surface area contributed by atoms with Crippen LogP contribution in [-0.2, 0) is 14.3 Å². The van der Waals surface area contributed by atoms with Crippen LogP contribution in [0, 0.1) is 15.3 Å². The molecule has 1 unspecified atom stereocenters. The summed E-state index contributed by atoms with van der Waals surface area (Å²) >= 11 is 2.04. The second-order valence-corrected chi connectivity index (χ2v) is 8.93. The van der Waals surface area contributed by atoms with E-state index in [0.29, 0.717) is 27.2 Å². The van der Waals surface area contributed by atoms with Crippen LogP contribution < -0.4 is 20.2 Å². The molecule has 0 fully saturated rings. The number of benzene rings is 2. The molecule has 11 heteroatoms. The number of carbonyl (C=O) groups is 3. The number of hydrazone groups is 1. The molecule has 194 valence electrons. The lowest BCUT2D eigenvalue weighted by atomic mass is 10.0. The molecule has 0 aliphatic carbocycles. The molecule has 0 aromatic heterocycles. The average Bonchev–Trinajstić information content (AvgIpc) is 2.82. The zero-order valence-electron chi connectivity index (χ0n) is 20.5. The number of nitrogens with one attached hydrogen (secondary N) is 2. The number of esters is 1. The minimum atomic E-state index is -0.938. The number of amides is 2. The quantitative estimate of drug-likeness (QED) is 0.164. The molecule has 2 amide bonds. The van der Waals surface area contributed by atoms with Crippen molar-refractivity contribution in [3.63, 3.8) is 0 Å². The summed E-state index contributed by atoms with van der Waals surface area (Å²) in [6, 6.07) is 7.99. The number of hydrogen-bond acceptors (Lipinski definition) is 7. The first-order valence-corrected chi connectivity index (χ1v) is 12.4. The Bertz CT molecular complexity index is 1110. The molecule has 0 aliphatic heterocycles. The van der Waals surface area contributed by atoms with Crippen molar-refractivity contribution in [1.29, 1.82) is 0 Å².